The molecule has 0 amide bonds. The lowest BCUT2D eigenvalue weighted by Crippen LogP contribution is -2.18. The Morgan fingerprint density at radius 2 is 1.92 bits per heavy atom. The number of methoxy groups -OCH3 is 1. The molecule has 0 aromatic heterocycles. The Kier molecular flexibility index (Phi) is 6.44. The topological polar surface area (TPSA) is 77.0 Å². The third-order valence-electron chi connectivity index (χ3n) is 3.26. The SMILES string of the molecule is CCOc1c(Br)cc(/C=N\NS(=O)(=O)c2ccc(C)cc2)cc1OC. The van der Waals surface area contributed by atoms with E-state index in [9.17, 15) is 8.42 Å². The zero-order valence-corrected chi connectivity index (χ0v) is 16.5. The Morgan fingerprint density at radius 1 is 1.24 bits per heavy atom. The van der Waals surface area contributed by atoms with Gasteiger partial charge in [-0.15, -0.1) is 0 Å². The van der Waals surface area contributed by atoms with Crippen LogP contribution in [0, 0.1) is 6.92 Å². The van der Waals surface area contributed by atoms with E-state index in [1.165, 1.54) is 25.5 Å². The number of ether oxygens (including phenoxy) is 2. The van der Waals surface area contributed by atoms with Crippen LogP contribution >= 0.6 is 15.9 Å². The van der Waals surface area contributed by atoms with Crippen LogP contribution in [0.4, 0.5) is 0 Å². The molecule has 0 radical (unpaired) electrons. The highest BCUT2D eigenvalue weighted by molar-refractivity contribution is 9.10. The van der Waals surface area contributed by atoms with Crippen molar-refractivity contribution in [1.29, 1.82) is 0 Å². The van der Waals surface area contributed by atoms with E-state index in [0.29, 0.717) is 28.1 Å². The third-order valence-corrected chi connectivity index (χ3v) is 5.09. The summed E-state index contributed by atoms with van der Waals surface area (Å²) < 4.78 is 35.9. The molecule has 2 rings (SSSR count). The summed E-state index contributed by atoms with van der Waals surface area (Å²) in [6, 6.07) is 9.99. The molecular weight excluding hydrogens is 408 g/mol. The zero-order chi connectivity index (χ0) is 18.4. The Balaban J connectivity index is 2.19. The van der Waals surface area contributed by atoms with E-state index in [4.69, 9.17) is 9.47 Å². The first-order chi connectivity index (χ1) is 11.9. The van der Waals surface area contributed by atoms with Crippen molar-refractivity contribution >= 4 is 32.2 Å². The number of nitrogens with one attached hydrogen (secondary N) is 1. The first kappa shape index (κ1) is 19.3. The van der Waals surface area contributed by atoms with E-state index >= 15 is 0 Å². The average Bonchev–Trinajstić information content (AvgIpc) is 2.57. The summed E-state index contributed by atoms with van der Waals surface area (Å²) in [5.74, 6) is 1.11. The van der Waals surface area contributed by atoms with E-state index < -0.39 is 10.0 Å². The van der Waals surface area contributed by atoms with Crippen molar-refractivity contribution in [2.45, 2.75) is 18.7 Å². The summed E-state index contributed by atoms with van der Waals surface area (Å²) >= 11 is 3.41. The molecule has 0 bridgehead atoms. The molecule has 0 saturated carbocycles. The Bertz CT molecular complexity index is 865. The Morgan fingerprint density at radius 3 is 2.52 bits per heavy atom. The summed E-state index contributed by atoms with van der Waals surface area (Å²) in [5, 5.41) is 3.82. The molecule has 134 valence electrons. The number of rotatable bonds is 7. The quantitative estimate of drug-likeness (QED) is 0.542. The van der Waals surface area contributed by atoms with Gasteiger partial charge in [-0.25, -0.2) is 4.83 Å². The summed E-state index contributed by atoms with van der Waals surface area (Å²) in [6.45, 7) is 4.26. The monoisotopic (exact) mass is 426 g/mol. The van der Waals surface area contributed by atoms with Crippen molar-refractivity contribution in [2.75, 3.05) is 13.7 Å². The van der Waals surface area contributed by atoms with Gasteiger partial charge in [-0.1, -0.05) is 17.7 Å². The van der Waals surface area contributed by atoms with Crippen LogP contribution in [0.25, 0.3) is 0 Å². The highest BCUT2D eigenvalue weighted by atomic mass is 79.9. The molecule has 0 aliphatic rings. The van der Waals surface area contributed by atoms with Crippen LogP contribution in [0.3, 0.4) is 0 Å². The molecule has 0 aliphatic carbocycles. The Labute approximate surface area is 156 Å². The van der Waals surface area contributed by atoms with Gasteiger partial charge in [0.2, 0.25) is 0 Å². The standard InChI is InChI=1S/C17H19BrN2O4S/c1-4-24-17-15(18)9-13(10-16(17)23-3)11-19-20-25(21,22)14-7-5-12(2)6-8-14/h5-11,20H,4H2,1-3H3/b19-11-. The first-order valence-corrected chi connectivity index (χ1v) is 9.77. The molecule has 2 aromatic rings. The van der Waals surface area contributed by atoms with Gasteiger partial charge in [0.15, 0.2) is 11.5 Å². The van der Waals surface area contributed by atoms with Crippen LogP contribution in [0.2, 0.25) is 0 Å². The second-order valence-corrected chi connectivity index (χ2v) is 7.65. The van der Waals surface area contributed by atoms with Crippen molar-refractivity contribution in [3.63, 3.8) is 0 Å². The number of aryl methyl sites for hydroxylation is 1. The van der Waals surface area contributed by atoms with Crippen molar-refractivity contribution in [1.82, 2.24) is 4.83 Å². The van der Waals surface area contributed by atoms with Gasteiger partial charge < -0.3 is 9.47 Å². The molecule has 0 atom stereocenters. The smallest absolute Gasteiger partial charge is 0.276 e. The van der Waals surface area contributed by atoms with Gasteiger partial charge >= 0.3 is 0 Å². The molecule has 2 aromatic carbocycles. The van der Waals surface area contributed by atoms with Crippen LogP contribution in [0.5, 0.6) is 11.5 Å². The highest BCUT2D eigenvalue weighted by Gasteiger charge is 2.13. The van der Waals surface area contributed by atoms with E-state index in [1.807, 2.05) is 13.8 Å². The molecule has 0 saturated heterocycles. The van der Waals surface area contributed by atoms with Crippen molar-refractivity contribution in [3.8, 4) is 11.5 Å². The number of hydrazone groups is 1. The first-order valence-electron chi connectivity index (χ1n) is 7.49. The molecule has 0 aliphatic heterocycles. The van der Waals surface area contributed by atoms with Gasteiger partial charge in [-0.2, -0.15) is 13.5 Å². The molecule has 0 unspecified atom stereocenters. The maximum absolute atomic E-state index is 12.2. The molecule has 0 spiro atoms. The van der Waals surface area contributed by atoms with Gasteiger partial charge in [0, 0.05) is 0 Å². The fourth-order valence-corrected chi connectivity index (χ4v) is 3.40. The second-order valence-electron chi connectivity index (χ2n) is 5.13. The molecule has 0 heterocycles. The van der Waals surface area contributed by atoms with E-state index in [1.54, 1.807) is 24.3 Å². The number of halogens is 1. The average molecular weight is 427 g/mol. The van der Waals surface area contributed by atoms with Gasteiger partial charge in [0.25, 0.3) is 10.0 Å². The van der Waals surface area contributed by atoms with E-state index in [-0.39, 0.29) is 4.90 Å². The minimum atomic E-state index is -3.71. The zero-order valence-electron chi connectivity index (χ0n) is 14.1. The molecular formula is C17H19BrN2O4S. The normalized spacial score (nSPS) is 11.5. The van der Waals surface area contributed by atoms with Gasteiger partial charge in [-0.3, -0.25) is 0 Å². The molecule has 6 nitrogen and oxygen atoms in total. The third kappa shape index (κ3) is 4.96. The van der Waals surface area contributed by atoms with Crippen LogP contribution in [0.15, 0.2) is 50.9 Å². The number of nitrogens with zero attached hydrogens (tertiary/aromatic N) is 1. The fraction of sp³-hybridized carbons (Fsp3) is 0.235. The summed E-state index contributed by atoms with van der Waals surface area (Å²) in [7, 11) is -2.17. The summed E-state index contributed by atoms with van der Waals surface area (Å²) in [5.41, 5.74) is 1.63. The fourth-order valence-electron chi connectivity index (χ4n) is 2.04. The number of benzene rings is 2. The molecule has 1 N–H and O–H groups in total. The van der Waals surface area contributed by atoms with Crippen LogP contribution < -0.4 is 14.3 Å². The summed E-state index contributed by atoms with van der Waals surface area (Å²) in [4.78, 5) is 2.35. The molecule has 25 heavy (non-hydrogen) atoms. The minimum Gasteiger partial charge on any atom is -0.493 e. The van der Waals surface area contributed by atoms with Crippen molar-refractivity contribution in [2.24, 2.45) is 5.10 Å². The van der Waals surface area contributed by atoms with Crippen LogP contribution in [0.1, 0.15) is 18.1 Å². The largest absolute Gasteiger partial charge is 0.493 e. The van der Waals surface area contributed by atoms with Gasteiger partial charge in [-0.05, 0) is 59.6 Å². The lowest BCUT2D eigenvalue weighted by Gasteiger charge is -2.12. The van der Waals surface area contributed by atoms with Gasteiger partial charge in [0.05, 0.1) is 29.3 Å². The predicted octanol–water partition coefficient (Wildman–Crippen LogP) is 3.48. The Hall–Kier alpha value is -2.06. The van der Waals surface area contributed by atoms with E-state index in [0.717, 1.165) is 5.56 Å². The van der Waals surface area contributed by atoms with Crippen molar-refractivity contribution < 1.29 is 17.9 Å². The second kappa shape index (κ2) is 8.35. The number of hydrogen-bond acceptors (Lipinski definition) is 5. The van der Waals surface area contributed by atoms with Gasteiger partial charge in [0.1, 0.15) is 0 Å². The number of sulfonamides is 1. The maximum atomic E-state index is 12.2. The van der Waals surface area contributed by atoms with Crippen LogP contribution in [-0.4, -0.2) is 28.3 Å². The van der Waals surface area contributed by atoms with Crippen LogP contribution in [-0.2, 0) is 10.0 Å². The number of hydrogen-bond donors (Lipinski definition) is 1. The molecule has 8 heteroatoms. The maximum Gasteiger partial charge on any atom is 0.276 e. The minimum absolute atomic E-state index is 0.153. The lowest BCUT2D eigenvalue weighted by molar-refractivity contribution is 0.309. The lowest BCUT2D eigenvalue weighted by atomic mass is 10.2. The predicted molar refractivity (Wildman–Crippen MR) is 101 cm³/mol. The molecule has 0 fully saturated rings. The van der Waals surface area contributed by atoms with Crippen molar-refractivity contribution in [3.05, 3.63) is 52.0 Å². The van der Waals surface area contributed by atoms with E-state index in [2.05, 4.69) is 25.9 Å². The summed E-state index contributed by atoms with van der Waals surface area (Å²) in [6.07, 6.45) is 1.40. The highest BCUT2D eigenvalue weighted by Crippen LogP contribution is 2.36.